The van der Waals surface area contributed by atoms with Crippen LogP contribution in [-0.2, 0) is 13.0 Å². The van der Waals surface area contributed by atoms with Crippen molar-refractivity contribution in [1.29, 1.82) is 0 Å². The third-order valence-electron chi connectivity index (χ3n) is 7.76. The van der Waals surface area contributed by atoms with Gasteiger partial charge in [0.05, 0.1) is 25.3 Å². The summed E-state index contributed by atoms with van der Waals surface area (Å²) in [6.45, 7) is 9.67. The summed E-state index contributed by atoms with van der Waals surface area (Å²) in [6, 6.07) is 15.1. The van der Waals surface area contributed by atoms with Gasteiger partial charge in [-0.1, -0.05) is 32.9 Å². The molecule has 0 saturated carbocycles. The average molecular weight is 611 g/mol. The number of quaternary nitrogens is 1. The number of amides is 2. The van der Waals surface area contributed by atoms with Crippen molar-refractivity contribution >= 4 is 11.8 Å². The Bertz CT molecular complexity index is 1390. The highest BCUT2D eigenvalue weighted by molar-refractivity contribution is 5.97. The Kier molecular flexibility index (Phi) is 13.0. The molecule has 0 fully saturated rings. The van der Waals surface area contributed by atoms with E-state index in [0.717, 1.165) is 23.8 Å². The van der Waals surface area contributed by atoms with Crippen LogP contribution >= 0.6 is 0 Å². The van der Waals surface area contributed by atoms with Gasteiger partial charge in [0.1, 0.15) is 29.5 Å². The molecule has 3 rings (SSSR count). The molecule has 0 heterocycles. The van der Waals surface area contributed by atoms with E-state index in [0.29, 0.717) is 55.8 Å². The van der Waals surface area contributed by atoms with Gasteiger partial charge < -0.3 is 20.9 Å². The van der Waals surface area contributed by atoms with E-state index < -0.39 is 29.7 Å². The molecule has 0 aromatic heterocycles. The summed E-state index contributed by atoms with van der Waals surface area (Å²) in [4.78, 5) is 26.7. The van der Waals surface area contributed by atoms with Crippen molar-refractivity contribution in [3.8, 4) is 5.75 Å². The summed E-state index contributed by atoms with van der Waals surface area (Å²) in [7, 11) is 0. The molecule has 3 aromatic rings. The molecule has 0 aliphatic heterocycles. The minimum atomic E-state index is -1.07. The predicted molar refractivity (Wildman–Crippen MR) is 168 cm³/mol. The molecule has 0 spiro atoms. The highest BCUT2D eigenvalue weighted by Crippen LogP contribution is 2.28. The minimum Gasteiger partial charge on any atom is -0.494 e. The number of halogens is 2. The molecule has 0 unspecified atom stereocenters. The first-order chi connectivity index (χ1) is 21.0. The van der Waals surface area contributed by atoms with E-state index >= 15 is 0 Å². The topological polar surface area (TPSA) is 102 Å². The second kappa shape index (κ2) is 16.4. The van der Waals surface area contributed by atoms with Crippen LogP contribution in [0.5, 0.6) is 5.75 Å². The number of ether oxygens (including phenoxy) is 1. The summed E-state index contributed by atoms with van der Waals surface area (Å²) in [5, 5.41) is 15.1. The molecule has 238 valence electrons. The van der Waals surface area contributed by atoms with Crippen LogP contribution in [0.3, 0.4) is 0 Å². The van der Waals surface area contributed by atoms with E-state index in [2.05, 4.69) is 5.32 Å². The van der Waals surface area contributed by atoms with E-state index in [4.69, 9.17) is 10.5 Å². The van der Waals surface area contributed by atoms with Gasteiger partial charge in [0.25, 0.3) is 0 Å². The summed E-state index contributed by atoms with van der Waals surface area (Å²) >= 11 is 0. The van der Waals surface area contributed by atoms with Crippen LogP contribution in [0.2, 0.25) is 0 Å². The van der Waals surface area contributed by atoms with E-state index in [1.165, 1.54) is 18.2 Å². The number of nitrogens with two attached hydrogens (primary N) is 1. The lowest BCUT2D eigenvalue weighted by molar-refractivity contribution is -0.878. The first kappa shape index (κ1) is 34.8. The number of nitrogens with zero attached hydrogens (tertiary/aromatic N) is 1. The van der Waals surface area contributed by atoms with Gasteiger partial charge in [-0.15, -0.1) is 0 Å². The van der Waals surface area contributed by atoms with Gasteiger partial charge in [-0.3, -0.25) is 9.28 Å². The Morgan fingerprint density at radius 2 is 1.57 bits per heavy atom. The molecule has 44 heavy (non-hydrogen) atoms. The number of aliphatic hydroxyl groups is 1. The summed E-state index contributed by atoms with van der Waals surface area (Å²) in [6.07, 6.45) is 1.10. The lowest BCUT2D eigenvalue weighted by atomic mass is 9.93. The monoisotopic (exact) mass is 610 g/mol. The minimum absolute atomic E-state index is 0.0537. The standard InChI is InChI=1S/C35H45F2N3O4/c1-5-11-40(12-6-2,35(43)28-15-24(4)14-27(20-28)34(38)42)32(19-26-16-29(36)21-30(37)17-26)33(41)23-39-22-25-9-8-10-31(18-25)44-13-7-3/h8-10,14-18,20-21,32-33,39,41H,5-7,11-13,19,22-23H2,1-4H3,(H-,38,42)/p+1/t32-,33+/m0/s1. The molecular weight excluding hydrogens is 564 g/mol. The lowest BCUT2D eigenvalue weighted by Gasteiger charge is -2.44. The van der Waals surface area contributed by atoms with Gasteiger partial charge in [-0.25, -0.2) is 13.6 Å². The highest BCUT2D eigenvalue weighted by atomic mass is 19.1. The van der Waals surface area contributed by atoms with E-state index in [1.807, 2.05) is 45.0 Å². The van der Waals surface area contributed by atoms with Crippen molar-refractivity contribution in [1.82, 2.24) is 5.32 Å². The lowest BCUT2D eigenvalue weighted by Crippen LogP contribution is -2.65. The quantitative estimate of drug-likeness (QED) is 0.170. The number of hydrogen-bond acceptors (Lipinski definition) is 5. The molecule has 2 amide bonds. The van der Waals surface area contributed by atoms with Gasteiger partial charge >= 0.3 is 5.91 Å². The largest absolute Gasteiger partial charge is 0.494 e. The van der Waals surface area contributed by atoms with E-state index in [1.54, 1.807) is 19.1 Å². The fourth-order valence-electron chi connectivity index (χ4n) is 5.98. The van der Waals surface area contributed by atoms with Crippen LogP contribution in [0.15, 0.2) is 60.7 Å². The Hall–Kier alpha value is -3.66. The highest BCUT2D eigenvalue weighted by Gasteiger charge is 2.47. The fourth-order valence-corrected chi connectivity index (χ4v) is 5.98. The zero-order chi connectivity index (χ0) is 32.3. The normalized spacial score (nSPS) is 13.0. The SMILES string of the molecule is CCCOc1cccc(CNC[C@@H](O)[C@H](Cc2cc(F)cc(F)c2)[N+](CCC)(CCC)C(=O)c2cc(C)cc(C(N)=O)c2)c1. The molecule has 0 radical (unpaired) electrons. The number of carbonyl (C=O) groups excluding carboxylic acids is 2. The zero-order valence-corrected chi connectivity index (χ0v) is 26.2. The maximum Gasteiger partial charge on any atom is 0.346 e. The van der Waals surface area contributed by atoms with Crippen LogP contribution in [-0.4, -0.2) is 59.8 Å². The van der Waals surface area contributed by atoms with Crippen LogP contribution in [0.25, 0.3) is 0 Å². The zero-order valence-electron chi connectivity index (χ0n) is 26.2. The van der Waals surface area contributed by atoms with Crippen LogP contribution in [0, 0.1) is 18.6 Å². The predicted octanol–water partition coefficient (Wildman–Crippen LogP) is 5.70. The molecular formula is C35H46F2N3O4+. The van der Waals surface area contributed by atoms with Crippen molar-refractivity contribution in [2.24, 2.45) is 5.73 Å². The molecule has 0 saturated heterocycles. The Morgan fingerprint density at radius 3 is 2.18 bits per heavy atom. The Morgan fingerprint density at radius 1 is 0.909 bits per heavy atom. The second-order valence-corrected chi connectivity index (χ2v) is 11.5. The third kappa shape index (κ3) is 9.17. The molecule has 3 aromatic carbocycles. The summed E-state index contributed by atoms with van der Waals surface area (Å²) in [5.74, 6) is -1.61. The fraction of sp³-hybridized carbons (Fsp3) is 0.429. The second-order valence-electron chi connectivity index (χ2n) is 11.5. The third-order valence-corrected chi connectivity index (χ3v) is 7.76. The molecule has 4 N–H and O–H groups in total. The van der Waals surface area contributed by atoms with E-state index in [9.17, 15) is 23.5 Å². The Balaban J connectivity index is 2.02. The smallest absolute Gasteiger partial charge is 0.346 e. The Labute approximate surface area is 259 Å². The number of aliphatic hydroxyl groups excluding tert-OH is 1. The molecule has 0 aliphatic rings. The van der Waals surface area contributed by atoms with Gasteiger partial charge in [0.2, 0.25) is 5.91 Å². The first-order valence-electron chi connectivity index (χ1n) is 15.4. The maximum absolute atomic E-state index is 14.6. The molecule has 0 aliphatic carbocycles. The van der Waals surface area contributed by atoms with Crippen molar-refractivity contribution < 1.29 is 32.7 Å². The van der Waals surface area contributed by atoms with Crippen LogP contribution in [0.1, 0.15) is 77.4 Å². The number of rotatable bonds is 17. The summed E-state index contributed by atoms with van der Waals surface area (Å²) in [5.41, 5.74) is 8.10. The number of carbonyl (C=O) groups is 2. The molecule has 0 bridgehead atoms. The number of primary amides is 1. The van der Waals surface area contributed by atoms with Gasteiger partial charge in [0.15, 0.2) is 0 Å². The first-order valence-corrected chi connectivity index (χ1v) is 15.4. The summed E-state index contributed by atoms with van der Waals surface area (Å²) < 4.78 is 34.2. The maximum atomic E-state index is 14.6. The number of hydrogen-bond donors (Lipinski definition) is 3. The van der Waals surface area contributed by atoms with E-state index in [-0.39, 0.29) is 28.9 Å². The van der Waals surface area contributed by atoms with Gasteiger partial charge in [-0.2, -0.15) is 0 Å². The van der Waals surface area contributed by atoms with Crippen LogP contribution < -0.4 is 15.8 Å². The van der Waals surface area contributed by atoms with Gasteiger partial charge in [-0.05, 0) is 85.3 Å². The molecule has 2 atom stereocenters. The molecule has 7 nitrogen and oxygen atoms in total. The van der Waals surface area contributed by atoms with Crippen molar-refractivity contribution in [3.63, 3.8) is 0 Å². The van der Waals surface area contributed by atoms with Crippen molar-refractivity contribution in [3.05, 3.63) is 100 Å². The van der Waals surface area contributed by atoms with Crippen molar-refractivity contribution in [2.75, 3.05) is 26.2 Å². The number of nitrogens with one attached hydrogen (secondary N) is 1. The molecule has 9 heteroatoms. The van der Waals surface area contributed by atoms with Crippen molar-refractivity contribution in [2.45, 2.75) is 72.1 Å². The van der Waals surface area contributed by atoms with Gasteiger partial charge in [0, 0.05) is 31.1 Å². The number of benzene rings is 3. The number of aryl methyl sites for hydroxylation is 1. The average Bonchev–Trinajstić information content (AvgIpc) is 2.97. The van der Waals surface area contributed by atoms with Crippen LogP contribution in [0.4, 0.5) is 8.78 Å².